The van der Waals surface area contributed by atoms with Crippen LogP contribution in [0.2, 0.25) is 0 Å². The van der Waals surface area contributed by atoms with Crippen molar-refractivity contribution in [1.29, 1.82) is 0 Å². The number of hydrogen-bond acceptors (Lipinski definition) is 6. The van der Waals surface area contributed by atoms with Crippen molar-refractivity contribution < 1.29 is 4.79 Å². The highest BCUT2D eigenvalue weighted by Crippen LogP contribution is 2.26. The quantitative estimate of drug-likeness (QED) is 0.514. The summed E-state index contributed by atoms with van der Waals surface area (Å²) in [5.41, 5.74) is 1.18. The monoisotopic (exact) mass is 359 g/mol. The normalized spacial score (nSPS) is 11.0. The molecule has 2 heterocycles. The molecule has 0 spiro atoms. The van der Waals surface area contributed by atoms with Crippen LogP contribution in [-0.2, 0) is 0 Å². The highest BCUT2D eigenvalue weighted by molar-refractivity contribution is 8.01. The molecular weight excluding hydrogens is 346 g/mol. The average Bonchev–Trinajstić information content (AvgIpc) is 3.24. The standard InChI is InChI=1S/C16H13N3OS3/c20-14(13-9-5-10-21-13)17-15-18-19-16(23-15)22-11-4-8-12-6-2-1-3-7-12/h1-10H,11H2,(H,17,18,20). The number of aromatic nitrogens is 2. The fourth-order valence-corrected chi connectivity index (χ4v) is 3.95. The summed E-state index contributed by atoms with van der Waals surface area (Å²) in [5, 5.41) is 13.2. The Kier molecular flexibility index (Phi) is 5.57. The largest absolute Gasteiger partial charge is 0.296 e. The van der Waals surface area contributed by atoms with Gasteiger partial charge in [-0.3, -0.25) is 10.1 Å². The second kappa shape index (κ2) is 8.05. The summed E-state index contributed by atoms with van der Waals surface area (Å²) in [4.78, 5) is 12.6. The number of benzene rings is 1. The first kappa shape index (κ1) is 15.9. The number of carbonyl (C=O) groups excluding carboxylic acids is 1. The van der Waals surface area contributed by atoms with Crippen molar-refractivity contribution in [3.8, 4) is 0 Å². The van der Waals surface area contributed by atoms with E-state index >= 15 is 0 Å². The zero-order valence-electron chi connectivity index (χ0n) is 12.0. The zero-order valence-corrected chi connectivity index (χ0v) is 14.5. The van der Waals surface area contributed by atoms with Crippen molar-refractivity contribution in [1.82, 2.24) is 10.2 Å². The molecule has 0 aliphatic heterocycles. The predicted octanol–water partition coefficient (Wildman–Crippen LogP) is 4.66. The van der Waals surface area contributed by atoms with E-state index in [1.807, 2.05) is 29.6 Å². The van der Waals surface area contributed by atoms with Crippen molar-refractivity contribution >= 4 is 51.6 Å². The summed E-state index contributed by atoms with van der Waals surface area (Å²) >= 11 is 4.38. The molecule has 0 atom stereocenters. The van der Waals surface area contributed by atoms with Gasteiger partial charge in [-0.25, -0.2) is 0 Å². The van der Waals surface area contributed by atoms with Gasteiger partial charge in [0, 0.05) is 5.75 Å². The first-order valence-corrected chi connectivity index (χ1v) is 9.52. The summed E-state index contributed by atoms with van der Waals surface area (Å²) in [6.45, 7) is 0. The van der Waals surface area contributed by atoms with Crippen LogP contribution in [0.1, 0.15) is 15.2 Å². The summed E-state index contributed by atoms with van der Waals surface area (Å²) in [6, 6.07) is 13.8. The van der Waals surface area contributed by atoms with Crippen LogP contribution in [0.15, 0.2) is 58.3 Å². The molecule has 23 heavy (non-hydrogen) atoms. The molecule has 0 saturated carbocycles. The van der Waals surface area contributed by atoms with Crippen molar-refractivity contribution in [3.63, 3.8) is 0 Å². The third-order valence-electron chi connectivity index (χ3n) is 2.78. The number of carbonyl (C=O) groups is 1. The Balaban J connectivity index is 1.49. The van der Waals surface area contributed by atoms with Gasteiger partial charge in [0.2, 0.25) is 5.13 Å². The lowest BCUT2D eigenvalue weighted by Crippen LogP contribution is -2.09. The van der Waals surface area contributed by atoms with E-state index in [0.717, 1.165) is 10.1 Å². The van der Waals surface area contributed by atoms with Crippen LogP contribution < -0.4 is 5.32 Å². The fraction of sp³-hybridized carbons (Fsp3) is 0.0625. The van der Waals surface area contributed by atoms with Gasteiger partial charge < -0.3 is 0 Å². The molecule has 0 aliphatic rings. The second-order valence-electron chi connectivity index (χ2n) is 4.43. The molecule has 0 fully saturated rings. The van der Waals surface area contributed by atoms with Crippen LogP contribution >= 0.6 is 34.4 Å². The molecular formula is C16H13N3OS3. The third-order valence-corrected chi connectivity index (χ3v) is 5.58. The van der Waals surface area contributed by atoms with Crippen LogP contribution in [0, 0.1) is 0 Å². The van der Waals surface area contributed by atoms with Gasteiger partial charge in [-0.05, 0) is 17.0 Å². The molecule has 0 unspecified atom stereocenters. The number of nitrogens with one attached hydrogen (secondary N) is 1. The van der Waals surface area contributed by atoms with Crippen LogP contribution in [0.5, 0.6) is 0 Å². The highest BCUT2D eigenvalue weighted by atomic mass is 32.2. The average molecular weight is 360 g/mol. The maximum atomic E-state index is 11.9. The topological polar surface area (TPSA) is 54.9 Å². The number of rotatable bonds is 6. The number of thiophene rings is 1. The molecule has 7 heteroatoms. The number of thioether (sulfide) groups is 1. The lowest BCUT2D eigenvalue weighted by Gasteiger charge is -1.96. The first-order chi connectivity index (χ1) is 11.3. The van der Waals surface area contributed by atoms with Gasteiger partial charge in [0.1, 0.15) is 0 Å². The molecule has 1 aromatic carbocycles. The lowest BCUT2D eigenvalue weighted by atomic mass is 10.2. The molecule has 2 aromatic heterocycles. The van der Waals surface area contributed by atoms with E-state index in [1.165, 1.54) is 28.2 Å². The van der Waals surface area contributed by atoms with E-state index in [1.54, 1.807) is 17.8 Å². The summed E-state index contributed by atoms with van der Waals surface area (Å²) in [6.07, 6.45) is 4.17. The Hall–Kier alpha value is -1.96. The summed E-state index contributed by atoms with van der Waals surface area (Å²) in [5.74, 6) is 0.666. The first-order valence-electron chi connectivity index (χ1n) is 6.84. The van der Waals surface area contributed by atoms with Gasteiger partial charge in [0.05, 0.1) is 4.88 Å². The van der Waals surface area contributed by atoms with Gasteiger partial charge in [-0.15, -0.1) is 21.5 Å². The van der Waals surface area contributed by atoms with E-state index in [2.05, 4.69) is 39.8 Å². The minimum absolute atomic E-state index is 0.142. The minimum atomic E-state index is -0.142. The number of anilines is 1. The van der Waals surface area contributed by atoms with Crippen LogP contribution in [0.4, 0.5) is 5.13 Å². The summed E-state index contributed by atoms with van der Waals surface area (Å²) < 4.78 is 0.837. The van der Waals surface area contributed by atoms with E-state index in [9.17, 15) is 4.79 Å². The van der Waals surface area contributed by atoms with Crippen molar-refractivity contribution in [3.05, 3.63) is 64.4 Å². The highest BCUT2D eigenvalue weighted by Gasteiger charge is 2.10. The molecule has 1 N–H and O–H groups in total. The molecule has 0 bridgehead atoms. The Morgan fingerprint density at radius 2 is 2.04 bits per heavy atom. The van der Waals surface area contributed by atoms with Gasteiger partial charge in [-0.1, -0.05) is 71.6 Å². The Morgan fingerprint density at radius 3 is 2.83 bits per heavy atom. The second-order valence-corrected chi connectivity index (χ2v) is 7.62. The van der Waals surface area contributed by atoms with Crippen molar-refractivity contribution in [2.75, 3.05) is 11.1 Å². The van der Waals surface area contributed by atoms with E-state index in [-0.39, 0.29) is 5.91 Å². The number of nitrogens with zero attached hydrogens (tertiary/aromatic N) is 2. The predicted molar refractivity (Wildman–Crippen MR) is 98.4 cm³/mol. The Bertz CT molecular complexity index is 782. The van der Waals surface area contributed by atoms with Crippen molar-refractivity contribution in [2.45, 2.75) is 4.34 Å². The fourth-order valence-electron chi connectivity index (χ4n) is 1.75. The van der Waals surface area contributed by atoms with Crippen LogP contribution in [0.25, 0.3) is 6.08 Å². The van der Waals surface area contributed by atoms with E-state index in [0.29, 0.717) is 10.0 Å². The minimum Gasteiger partial charge on any atom is -0.296 e. The summed E-state index contributed by atoms with van der Waals surface area (Å²) in [7, 11) is 0. The molecule has 116 valence electrons. The smallest absolute Gasteiger partial charge is 0.267 e. The molecule has 3 aromatic rings. The SMILES string of the molecule is O=C(Nc1nnc(SCC=Cc2ccccc2)s1)c1cccs1. The van der Waals surface area contributed by atoms with Gasteiger partial charge in [0.25, 0.3) is 5.91 Å². The molecule has 0 radical (unpaired) electrons. The molecule has 1 amide bonds. The Labute approximate surface area is 146 Å². The van der Waals surface area contributed by atoms with E-state index < -0.39 is 0 Å². The van der Waals surface area contributed by atoms with Gasteiger partial charge in [0.15, 0.2) is 4.34 Å². The van der Waals surface area contributed by atoms with Crippen LogP contribution in [-0.4, -0.2) is 21.9 Å². The molecule has 4 nitrogen and oxygen atoms in total. The molecule has 0 saturated heterocycles. The number of hydrogen-bond donors (Lipinski definition) is 1. The van der Waals surface area contributed by atoms with Crippen molar-refractivity contribution in [2.24, 2.45) is 0 Å². The third kappa shape index (κ3) is 4.75. The zero-order chi connectivity index (χ0) is 15.9. The molecule has 3 rings (SSSR count). The number of amides is 1. The van der Waals surface area contributed by atoms with Crippen LogP contribution in [0.3, 0.4) is 0 Å². The van der Waals surface area contributed by atoms with Gasteiger partial charge in [-0.2, -0.15) is 0 Å². The van der Waals surface area contributed by atoms with E-state index in [4.69, 9.17) is 0 Å². The molecule has 0 aliphatic carbocycles. The van der Waals surface area contributed by atoms with Gasteiger partial charge >= 0.3 is 0 Å². The lowest BCUT2D eigenvalue weighted by molar-refractivity contribution is 0.103. The Morgan fingerprint density at radius 1 is 1.17 bits per heavy atom. The maximum Gasteiger partial charge on any atom is 0.267 e. The maximum absolute atomic E-state index is 11.9.